The molecule has 0 saturated heterocycles. The van der Waals surface area contributed by atoms with E-state index in [2.05, 4.69) is 4.99 Å². The predicted octanol–water partition coefficient (Wildman–Crippen LogP) is 1.10. The van der Waals surface area contributed by atoms with Gasteiger partial charge in [0.1, 0.15) is 12.6 Å². The standard InChI is InChI=1S/C12H16N2O4/c1-15-9-5-4-7(8-6-18-12(13)14-8)10(16-2)11(9)17-3/h4-5,8H,6H2,1-3H3,(H2,13,14). The molecule has 6 nitrogen and oxygen atoms in total. The number of nitrogens with zero attached hydrogens (tertiary/aromatic N) is 1. The van der Waals surface area contributed by atoms with Gasteiger partial charge in [-0.25, -0.2) is 4.99 Å². The lowest BCUT2D eigenvalue weighted by Crippen LogP contribution is -2.10. The van der Waals surface area contributed by atoms with Crippen LogP contribution in [-0.4, -0.2) is 34.0 Å². The third kappa shape index (κ3) is 2.01. The van der Waals surface area contributed by atoms with E-state index >= 15 is 0 Å². The number of hydrogen-bond donors (Lipinski definition) is 1. The average molecular weight is 252 g/mol. The molecule has 0 aromatic heterocycles. The Balaban J connectivity index is 2.48. The van der Waals surface area contributed by atoms with Crippen LogP contribution < -0.4 is 19.9 Å². The van der Waals surface area contributed by atoms with E-state index in [0.29, 0.717) is 23.9 Å². The normalized spacial score (nSPS) is 17.9. The Morgan fingerprint density at radius 3 is 2.39 bits per heavy atom. The quantitative estimate of drug-likeness (QED) is 0.868. The molecule has 0 bridgehead atoms. The van der Waals surface area contributed by atoms with Crippen molar-refractivity contribution in [1.82, 2.24) is 0 Å². The SMILES string of the molecule is COc1ccc(C2COC(N)=N2)c(OC)c1OC. The lowest BCUT2D eigenvalue weighted by atomic mass is 10.1. The molecule has 6 heteroatoms. The third-order valence-corrected chi connectivity index (χ3v) is 2.77. The van der Waals surface area contributed by atoms with Gasteiger partial charge < -0.3 is 24.7 Å². The molecule has 1 aromatic carbocycles. The van der Waals surface area contributed by atoms with Gasteiger partial charge in [-0.3, -0.25) is 0 Å². The number of amidine groups is 1. The van der Waals surface area contributed by atoms with Crippen molar-refractivity contribution < 1.29 is 18.9 Å². The van der Waals surface area contributed by atoms with Crippen LogP contribution in [0.4, 0.5) is 0 Å². The summed E-state index contributed by atoms with van der Waals surface area (Å²) >= 11 is 0. The van der Waals surface area contributed by atoms with Crippen molar-refractivity contribution in [2.45, 2.75) is 6.04 Å². The minimum Gasteiger partial charge on any atom is -0.493 e. The fourth-order valence-corrected chi connectivity index (χ4v) is 1.94. The second-order valence-corrected chi connectivity index (χ2v) is 3.72. The van der Waals surface area contributed by atoms with Crippen LogP contribution in [-0.2, 0) is 4.74 Å². The van der Waals surface area contributed by atoms with Gasteiger partial charge in [0.15, 0.2) is 11.5 Å². The molecule has 1 heterocycles. The molecule has 0 amide bonds. The summed E-state index contributed by atoms with van der Waals surface area (Å²) in [5.74, 6) is 1.73. The molecular weight excluding hydrogens is 236 g/mol. The van der Waals surface area contributed by atoms with Crippen molar-refractivity contribution >= 4 is 6.02 Å². The van der Waals surface area contributed by atoms with Gasteiger partial charge in [0.25, 0.3) is 6.02 Å². The van der Waals surface area contributed by atoms with Crippen LogP contribution >= 0.6 is 0 Å². The molecule has 1 aliphatic heterocycles. The molecule has 0 fully saturated rings. The minimum absolute atomic E-state index is 0.181. The van der Waals surface area contributed by atoms with Gasteiger partial charge in [-0.1, -0.05) is 0 Å². The topological polar surface area (TPSA) is 75.3 Å². The molecule has 2 N–H and O–H groups in total. The highest BCUT2D eigenvalue weighted by atomic mass is 16.5. The Hall–Kier alpha value is -2.11. The van der Waals surface area contributed by atoms with E-state index in [9.17, 15) is 0 Å². The third-order valence-electron chi connectivity index (χ3n) is 2.77. The highest BCUT2D eigenvalue weighted by molar-refractivity contribution is 5.73. The van der Waals surface area contributed by atoms with Crippen molar-refractivity contribution in [2.24, 2.45) is 10.7 Å². The Labute approximate surface area is 105 Å². The van der Waals surface area contributed by atoms with E-state index in [0.717, 1.165) is 5.56 Å². The van der Waals surface area contributed by atoms with E-state index in [4.69, 9.17) is 24.7 Å². The summed E-state index contributed by atoms with van der Waals surface area (Å²) in [4.78, 5) is 4.19. The molecule has 0 saturated carbocycles. The Morgan fingerprint density at radius 1 is 1.17 bits per heavy atom. The summed E-state index contributed by atoms with van der Waals surface area (Å²) in [6.07, 6.45) is 0. The maximum Gasteiger partial charge on any atom is 0.282 e. The highest BCUT2D eigenvalue weighted by Gasteiger charge is 2.26. The van der Waals surface area contributed by atoms with E-state index in [1.165, 1.54) is 0 Å². The number of ether oxygens (including phenoxy) is 4. The summed E-state index contributed by atoms with van der Waals surface area (Å²) < 4.78 is 21.1. The molecule has 0 spiro atoms. The monoisotopic (exact) mass is 252 g/mol. The largest absolute Gasteiger partial charge is 0.493 e. The van der Waals surface area contributed by atoms with Gasteiger partial charge in [-0.05, 0) is 12.1 Å². The number of methoxy groups -OCH3 is 3. The zero-order chi connectivity index (χ0) is 13.1. The summed E-state index contributed by atoms with van der Waals surface area (Å²) in [6.45, 7) is 0.400. The van der Waals surface area contributed by atoms with Crippen LogP contribution in [0.5, 0.6) is 17.2 Å². The van der Waals surface area contributed by atoms with Crippen molar-refractivity contribution in [1.29, 1.82) is 0 Å². The molecule has 18 heavy (non-hydrogen) atoms. The van der Waals surface area contributed by atoms with Gasteiger partial charge in [0, 0.05) is 5.56 Å². The Morgan fingerprint density at radius 2 is 1.89 bits per heavy atom. The number of benzene rings is 1. The molecule has 0 aliphatic carbocycles. The van der Waals surface area contributed by atoms with Crippen LogP contribution in [0.15, 0.2) is 17.1 Å². The minimum atomic E-state index is -0.181. The van der Waals surface area contributed by atoms with Gasteiger partial charge in [0.2, 0.25) is 5.75 Å². The molecule has 1 aliphatic rings. The Bertz CT molecular complexity index is 473. The first-order valence-corrected chi connectivity index (χ1v) is 5.46. The van der Waals surface area contributed by atoms with Crippen LogP contribution in [0.25, 0.3) is 0 Å². The number of nitrogens with two attached hydrogens (primary N) is 1. The molecule has 98 valence electrons. The second kappa shape index (κ2) is 5.03. The fraction of sp³-hybridized carbons (Fsp3) is 0.417. The number of rotatable bonds is 4. The van der Waals surface area contributed by atoms with Crippen LogP contribution in [0, 0.1) is 0 Å². The van der Waals surface area contributed by atoms with Crippen molar-refractivity contribution in [3.63, 3.8) is 0 Å². The molecular formula is C12H16N2O4. The number of aliphatic imine (C=N–C) groups is 1. The van der Waals surface area contributed by atoms with Gasteiger partial charge in [-0.15, -0.1) is 0 Å². The summed E-state index contributed by atoms with van der Waals surface area (Å²) in [6, 6.07) is 3.69. The molecule has 1 unspecified atom stereocenters. The van der Waals surface area contributed by atoms with Gasteiger partial charge in [-0.2, -0.15) is 0 Å². The maximum atomic E-state index is 5.51. The van der Waals surface area contributed by atoms with E-state index in [-0.39, 0.29) is 12.1 Å². The molecule has 1 atom stereocenters. The zero-order valence-corrected chi connectivity index (χ0v) is 10.6. The second-order valence-electron chi connectivity index (χ2n) is 3.72. The average Bonchev–Trinajstić information content (AvgIpc) is 2.83. The predicted molar refractivity (Wildman–Crippen MR) is 66.4 cm³/mol. The van der Waals surface area contributed by atoms with Gasteiger partial charge >= 0.3 is 0 Å². The Kier molecular flexibility index (Phi) is 3.45. The first kappa shape index (κ1) is 12.3. The van der Waals surface area contributed by atoms with Crippen LogP contribution in [0.3, 0.4) is 0 Å². The van der Waals surface area contributed by atoms with Crippen LogP contribution in [0.2, 0.25) is 0 Å². The maximum absolute atomic E-state index is 5.51. The first-order chi connectivity index (χ1) is 8.71. The smallest absolute Gasteiger partial charge is 0.282 e. The van der Waals surface area contributed by atoms with Crippen molar-refractivity contribution in [3.8, 4) is 17.2 Å². The zero-order valence-electron chi connectivity index (χ0n) is 10.6. The molecule has 1 aromatic rings. The summed E-state index contributed by atoms with van der Waals surface area (Å²) in [5.41, 5.74) is 6.37. The van der Waals surface area contributed by atoms with E-state index in [1.807, 2.05) is 6.07 Å². The first-order valence-electron chi connectivity index (χ1n) is 5.46. The number of hydrogen-bond acceptors (Lipinski definition) is 6. The van der Waals surface area contributed by atoms with Crippen molar-refractivity contribution in [3.05, 3.63) is 17.7 Å². The molecule has 2 rings (SSSR count). The summed E-state index contributed by atoms with van der Waals surface area (Å²) in [7, 11) is 4.71. The van der Waals surface area contributed by atoms with Crippen molar-refractivity contribution in [2.75, 3.05) is 27.9 Å². The van der Waals surface area contributed by atoms with Gasteiger partial charge in [0.05, 0.1) is 21.3 Å². The highest BCUT2D eigenvalue weighted by Crippen LogP contribution is 2.43. The van der Waals surface area contributed by atoms with E-state index in [1.54, 1.807) is 27.4 Å². The lowest BCUT2D eigenvalue weighted by Gasteiger charge is -2.17. The fourth-order valence-electron chi connectivity index (χ4n) is 1.94. The lowest BCUT2D eigenvalue weighted by molar-refractivity contribution is 0.302. The van der Waals surface area contributed by atoms with Crippen LogP contribution in [0.1, 0.15) is 11.6 Å². The summed E-state index contributed by atoms with van der Waals surface area (Å²) in [5, 5.41) is 0. The molecule has 0 radical (unpaired) electrons. The van der Waals surface area contributed by atoms with E-state index < -0.39 is 0 Å².